The van der Waals surface area contributed by atoms with Crippen molar-refractivity contribution in [2.75, 3.05) is 5.32 Å². The van der Waals surface area contributed by atoms with Crippen LogP contribution in [0.2, 0.25) is 0 Å². The van der Waals surface area contributed by atoms with E-state index >= 15 is 0 Å². The zero-order valence-corrected chi connectivity index (χ0v) is 15.0. The van der Waals surface area contributed by atoms with Crippen LogP contribution in [0, 0.1) is 13.8 Å². The van der Waals surface area contributed by atoms with Crippen molar-refractivity contribution in [3.8, 4) is 0 Å². The van der Waals surface area contributed by atoms with Gasteiger partial charge in [-0.1, -0.05) is 49.7 Å². The Morgan fingerprint density at radius 1 is 1.22 bits per heavy atom. The van der Waals surface area contributed by atoms with Gasteiger partial charge in [0, 0.05) is 10.6 Å². The van der Waals surface area contributed by atoms with E-state index in [1.54, 1.807) is 11.8 Å². The lowest BCUT2D eigenvalue weighted by Gasteiger charge is -2.18. The van der Waals surface area contributed by atoms with Gasteiger partial charge in [0.25, 0.3) is 0 Å². The maximum atomic E-state index is 12.8. The maximum absolute atomic E-state index is 12.8. The minimum absolute atomic E-state index is 0.0357. The van der Waals surface area contributed by atoms with Gasteiger partial charge in [-0.05, 0) is 48.9 Å². The van der Waals surface area contributed by atoms with Crippen LogP contribution in [0.4, 0.5) is 5.69 Å². The van der Waals surface area contributed by atoms with Crippen LogP contribution in [0.5, 0.6) is 0 Å². The van der Waals surface area contributed by atoms with Crippen molar-refractivity contribution in [2.45, 2.75) is 50.2 Å². The van der Waals surface area contributed by atoms with E-state index in [9.17, 15) is 4.79 Å². The van der Waals surface area contributed by atoms with E-state index in [-0.39, 0.29) is 11.2 Å². The molecule has 3 heteroatoms. The summed E-state index contributed by atoms with van der Waals surface area (Å²) in [6.07, 6.45) is 0.814. The quantitative estimate of drug-likeness (QED) is 0.852. The summed E-state index contributed by atoms with van der Waals surface area (Å²) in [5.41, 5.74) is 5.85. The second-order valence-corrected chi connectivity index (χ2v) is 7.85. The molecule has 3 rings (SSSR count). The van der Waals surface area contributed by atoms with Crippen LogP contribution in [0.25, 0.3) is 0 Å². The number of hydrogen-bond donors (Lipinski definition) is 1. The number of carbonyl (C=O) groups is 1. The molecule has 0 saturated heterocycles. The zero-order chi connectivity index (χ0) is 16.6. The molecule has 0 aliphatic carbocycles. The number of hydrogen-bond acceptors (Lipinski definition) is 2. The fraction of sp³-hybridized carbons (Fsp3) is 0.350. The first-order valence-electron chi connectivity index (χ1n) is 8.12. The first kappa shape index (κ1) is 16.1. The smallest absolute Gasteiger partial charge is 0.238 e. The summed E-state index contributed by atoms with van der Waals surface area (Å²) < 4.78 is 0. The number of thioether (sulfide) groups is 1. The molecule has 1 aliphatic rings. The number of nitrogens with one attached hydrogen (secondary N) is 1. The Kier molecular flexibility index (Phi) is 4.49. The molecule has 0 spiro atoms. The molecular formula is C20H23NOS. The third-order valence-corrected chi connectivity index (χ3v) is 5.66. The molecule has 1 aliphatic heterocycles. The largest absolute Gasteiger partial charge is 0.325 e. The van der Waals surface area contributed by atoms with E-state index < -0.39 is 0 Å². The Morgan fingerprint density at radius 2 is 2.00 bits per heavy atom. The SMILES string of the molecule is Cc1ccc2c(c1)S[C@@H](C(=O)Nc1c(C)cccc1C(C)C)C2. The molecule has 0 saturated carbocycles. The molecule has 0 radical (unpaired) electrons. The number of amides is 1. The second kappa shape index (κ2) is 6.40. The van der Waals surface area contributed by atoms with Gasteiger partial charge in [-0.25, -0.2) is 0 Å². The number of carbonyl (C=O) groups excluding carboxylic acids is 1. The molecule has 1 atom stereocenters. The van der Waals surface area contributed by atoms with E-state index in [2.05, 4.69) is 69.4 Å². The zero-order valence-electron chi connectivity index (χ0n) is 14.1. The molecule has 0 fully saturated rings. The van der Waals surface area contributed by atoms with Gasteiger partial charge in [-0.15, -0.1) is 11.8 Å². The third kappa shape index (κ3) is 3.30. The van der Waals surface area contributed by atoms with Crippen LogP contribution in [-0.4, -0.2) is 11.2 Å². The van der Waals surface area contributed by atoms with Crippen molar-refractivity contribution in [3.05, 3.63) is 58.7 Å². The topological polar surface area (TPSA) is 29.1 Å². The van der Waals surface area contributed by atoms with Gasteiger partial charge in [-0.3, -0.25) is 4.79 Å². The van der Waals surface area contributed by atoms with Gasteiger partial charge in [-0.2, -0.15) is 0 Å². The van der Waals surface area contributed by atoms with E-state index in [1.165, 1.54) is 21.6 Å². The molecule has 0 bridgehead atoms. The van der Waals surface area contributed by atoms with Gasteiger partial charge in [0.1, 0.15) is 0 Å². The molecule has 23 heavy (non-hydrogen) atoms. The van der Waals surface area contributed by atoms with Crippen molar-refractivity contribution < 1.29 is 4.79 Å². The predicted molar refractivity (Wildman–Crippen MR) is 98.4 cm³/mol. The lowest BCUT2D eigenvalue weighted by Crippen LogP contribution is -2.25. The number of aryl methyl sites for hydroxylation is 2. The monoisotopic (exact) mass is 325 g/mol. The van der Waals surface area contributed by atoms with Crippen LogP contribution in [-0.2, 0) is 11.2 Å². The van der Waals surface area contributed by atoms with Crippen molar-refractivity contribution in [2.24, 2.45) is 0 Å². The highest BCUT2D eigenvalue weighted by atomic mass is 32.2. The van der Waals surface area contributed by atoms with Crippen LogP contribution in [0.1, 0.15) is 42.0 Å². The first-order valence-corrected chi connectivity index (χ1v) is 9.00. The minimum atomic E-state index is -0.0357. The van der Waals surface area contributed by atoms with E-state index in [1.807, 2.05) is 0 Å². The van der Waals surface area contributed by atoms with Crippen LogP contribution < -0.4 is 5.32 Å². The lowest BCUT2D eigenvalue weighted by atomic mass is 9.98. The lowest BCUT2D eigenvalue weighted by molar-refractivity contribution is -0.115. The number of rotatable bonds is 3. The Hall–Kier alpha value is -1.74. The Balaban J connectivity index is 1.79. The standard InChI is InChI=1S/C20H23NOS/c1-12(2)16-7-5-6-14(4)19(16)21-20(22)18-11-15-9-8-13(3)10-17(15)23-18/h5-10,12,18H,11H2,1-4H3,(H,21,22)/t18-/m1/s1. The van der Waals surface area contributed by atoms with Gasteiger partial charge >= 0.3 is 0 Å². The molecule has 0 aromatic heterocycles. The number of anilines is 1. The highest BCUT2D eigenvalue weighted by molar-refractivity contribution is 8.01. The Bertz CT molecular complexity index is 751. The average molecular weight is 325 g/mol. The van der Waals surface area contributed by atoms with Crippen LogP contribution >= 0.6 is 11.8 Å². The summed E-state index contributed by atoms with van der Waals surface area (Å²) in [6, 6.07) is 12.7. The van der Waals surface area contributed by atoms with Gasteiger partial charge in [0.15, 0.2) is 0 Å². The summed E-state index contributed by atoms with van der Waals surface area (Å²) in [6.45, 7) is 8.47. The number of fused-ring (bicyclic) bond motifs is 1. The summed E-state index contributed by atoms with van der Waals surface area (Å²) in [7, 11) is 0. The molecule has 1 N–H and O–H groups in total. The number of para-hydroxylation sites is 1. The third-order valence-electron chi connectivity index (χ3n) is 4.36. The van der Waals surface area contributed by atoms with Crippen molar-refractivity contribution in [3.63, 3.8) is 0 Å². The first-order chi connectivity index (χ1) is 11.0. The summed E-state index contributed by atoms with van der Waals surface area (Å²) in [5.74, 6) is 0.501. The van der Waals surface area contributed by atoms with Crippen LogP contribution in [0.15, 0.2) is 41.3 Å². The summed E-state index contributed by atoms with van der Waals surface area (Å²) in [4.78, 5) is 14.0. The predicted octanol–water partition coefficient (Wildman–Crippen LogP) is 5.08. The van der Waals surface area contributed by atoms with Gasteiger partial charge < -0.3 is 5.32 Å². The molecule has 2 aromatic rings. The minimum Gasteiger partial charge on any atom is -0.325 e. The van der Waals surface area contributed by atoms with Crippen molar-refractivity contribution in [1.82, 2.24) is 0 Å². The molecule has 1 amide bonds. The molecule has 2 aromatic carbocycles. The van der Waals surface area contributed by atoms with E-state index in [0.29, 0.717) is 5.92 Å². The van der Waals surface area contributed by atoms with E-state index in [4.69, 9.17) is 0 Å². The summed E-state index contributed by atoms with van der Waals surface area (Å²) in [5, 5.41) is 3.16. The highest BCUT2D eigenvalue weighted by Gasteiger charge is 2.29. The molecule has 1 heterocycles. The Labute approximate surface area is 142 Å². The summed E-state index contributed by atoms with van der Waals surface area (Å²) >= 11 is 1.69. The maximum Gasteiger partial charge on any atom is 0.238 e. The van der Waals surface area contributed by atoms with E-state index in [0.717, 1.165) is 17.7 Å². The highest BCUT2D eigenvalue weighted by Crippen LogP contribution is 2.38. The molecule has 0 unspecified atom stereocenters. The average Bonchev–Trinajstić information content (AvgIpc) is 2.92. The fourth-order valence-corrected chi connectivity index (χ4v) is 4.32. The van der Waals surface area contributed by atoms with Gasteiger partial charge in [0.2, 0.25) is 5.91 Å². The van der Waals surface area contributed by atoms with Gasteiger partial charge in [0.05, 0.1) is 5.25 Å². The molecule has 120 valence electrons. The number of benzene rings is 2. The second-order valence-electron chi connectivity index (χ2n) is 6.60. The van der Waals surface area contributed by atoms with Crippen molar-refractivity contribution in [1.29, 1.82) is 0 Å². The fourth-order valence-electron chi connectivity index (χ4n) is 3.03. The molecule has 2 nitrogen and oxygen atoms in total. The molecular weight excluding hydrogens is 302 g/mol. The Morgan fingerprint density at radius 3 is 2.74 bits per heavy atom. The van der Waals surface area contributed by atoms with Crippen LogP contribution in [0.3, 0.4) is 0 Å². The normalized spacial score (nSPS) is 16.5. The van der Waals surface area contributed by atoms with Crippen molar-refractivity contribution >= 4 is 23.4 Å².